The molecule has 96 valence electrons. The molecule has 0 saturated carbocycles. The van der Waals surface area contributed by atoms with Crippen LogP contribution >= 0.6 is 27.3 Å². The number of nitrogens with one attached hydrogen (secondary N) is 1. The second kappa shape index (κ2) is 4.94. The third-order valence-electron chi connectivity index (χ3n) is 2.30. The first kappa shape index (κ1) is 13.4. The minimum absolute atomic E-state index is 0.221. The highest BCUT2D eigenvalue weighted by atomic mass is 79.9. The molecular formula is C10H10BrN3O2S2. The first-order chi connectivity index (χ1) is 8.40. The highest BCUT2D eigenvalue weighted by Gasteiger charge is 2.20. The Morgan fingerprint density at radius 1 is 1.33 bits per heavy atom. The van der Waals surface area contributed by atoms with E-state index in [-0.39, 0.29) is 10.0 Å². The van der Waals surface area contributed by atoms with Crippen molar-refractivity contribution in [1.82, 2.24) is 10.2 Å². The molecule has 0 radical (unpaired) electrons. The molecule has 5 nitrogen and oxygen atoms in total. The van der Waals surface area contributed by atoms with Gasteiger partial charge in [0.05, 0.1) is 5.69 Å². The normalized spacial score (nSPS) is 11.5. The average molecular weight is 348 g/mol. The summed E-state index contributed by atoms with van der Waals surface area (Å²) in [6.07, 6.45) is 0. The maximum atomic E-state index is 12.1. The summed E-state index contributed by atoms with van der Waals surface area (Å²) in [6, 6.07) is 3.34. The Morgan fingerprint density at radius 2 is 2.06 bits per heavy atom. The number of sulfonamides is 1. The Morgan fingerprint density at radius 3 is 2.61 bits per heavy atom. The number of aryl methyl sites for hydroxylation is 2. The van der Waals surface area contributed by atoms with Gasteiger partial charge in [0, 0.05) is 4.47 Å². The summed E-state index contributed by atoms with van der Waals surface area (Å²) in [7, 11) is -3.61. The molecule has 1 N–H and O–H groups in total. The standard InChI is InChI=1S/C10H10BrN3O2S2/c1-6-5-9(13-12-7(6)2)14-18(15,16)10-8(11)3-4-17-10/h3-5H,1-2H3,(H,13,14). The first-order valence-corrected chi connectivity index (χ1v) is 8.12. The SMILES string of the molecule is Cc1cc(NS(=O)(=O)c2sccc2Br)nnc1C. The lowest BCUT2D eigenvalue weighted by molar-refractivity contribution is 0.602. The van der Waals surface area contributed by atoms with Gasteiger partial charge >= 0.3 is 0 Å². The van der Waals surface area contributed by atoms with Crippen molar-refractivity contribution in [2.45, 2.75) is 18.1 Å². The van der Waals surface area contributed by atoms with E-state index in [0.717, 1.165) is 22.6 Å². The molecule has 0 aliphatic heterocycles. The highest BCUT2D eigenvalue weighted by Crippen LogP contribution is 2.28. The molecule has 2 heterocycles. The van der Waals surface area contributed by atoms with Gasteiger partial charge in [0.25, 0.3) is 10.0 Å². The van der Waals surface area contributed by atoms with Crippen LogP contribution in [0.5, 0.6) is 0 Å². The zero-order valence-electron chi connectivity index (χ0n) is 9.64. The Hall–Kier alpha value is -0.990. The first-order valence-electron chi connectivity index (χ1n) is 4.97. The van der Waals surface area contributed by atoms with E-state index in [1.165, 1.54) is 0 Å². The number of hydrogen-bond donors (Lipinski definition) is 1. The predicted molar refractivity (Wildman–Crippen MR) is 74.3 cm³/mol. The van der Waals surface area contributed by atoms with Gasteiger partial charge in [-0.2, -0.15) is 5.10 Å². The predicted octanol–water partition coefficient (Wildman–Crippen LogP) is 2.72. The molecule has 2 rings (SSSR count). The van der Waals surface area contributed by atoms with Crippen molar-refractivity contribution in [3.8, 4) is 0 Å². The molecule has 0 bridgehead atoms. The summed E-state index contributed by atoms with van der Waals surface area (Å²) in [5.74, 6) is 0.221. The molecule has 18 heavy (non-hydrogen) atoms. The molecule has 0 unspecified atom stereocenters. The Balaban J connectivity index is 2.34. The number of nitrogens with zero attached hydrogens (tertiary/aromatic N) is 2. The van der Waals surface area contributed by atoms with Crippen LogP contribution in [0, 0.1) is 13.8 Å². The van der Waals surface area contributed by atoms with Gasteiger partial charge in [-0.1, -0.05) is 0 Å². The van der Waals surface area contributed by atoms with E-state index in [0.29, 0.717) is 4.47 Å². The van der Waals surface area contributed by atoms with E-state index in [1.807, 2.05) is 13.8 Å². The zero-order chi connectivity index (χ0) is 13.3. The van der Waals surface area contributed by atoms with E-state index in [2.05, 4.69) is 30.8 Å². The summed E-state index contributed by atoms with van der Waals surface area (Å²) in [6.45, 7) is 3.67. The van der Waals surface area contributed by atoms with Gasteiger partial charge in [0.15, 0.2) is 10.0 Å². The summed E-state index contributed by atoms with van der Waals surface area (Å²) in [5.41, 5.74) is 1.66. The van der Waals surface area contributed by atoms with Gasteiger partial charge in [-0.25, -0.2) is 8.42 Å². The fourth-order valence-corrected chi connectivity index (χ4v) is 4.58. The van der Waals surface area contributed by atoms with Crippen LogP contribution in [0.1, 0.15) is 11.3 Å². The molecule has 0 fully saturated rings. The molecule has 0 saturated heterocycles. The van der Waals surface area contributed by atoms with Crippen LogP contribution in [-0.2, 0) is 10.0 Å². The number of anilines is 1. The second-order valence-electron chi connectivity index (χ2n) is 3.66. The quantitative estimate of drug-likeness (QED) is 0.926. The third kappa shape index (κ3) is 2.70. The topological polar surface area (TPSA) is 72.0 Å². The van der Waals surface area contributed by atoms with Gasteiger partial charge in [-0.05, 0) is 52.9 Å². The number of hydrogen-bond acceptors (Lipinski definition) is 5. The molecule has 0 aliphatic carbocycles. The van der Waals surface area contributed by atoms with E-state index in [9.17, 15) is 8.42 Å². The lowest BCUT2D eigenvalue weighted by atomic mass is 10.2. The average Bonchev–Trinajstić information content (AvgIpc) is 2.70. The van der Waals surface area contributed by atoms with Gasteiger partial charge < -0.3 is 0 Å². The summed E-state index contributed by atoms with van der Waals surface area (Å²) in [5, 5.41) is 9.39. The van der Waals surface area contributed by atoms with Crippen LogP contribution < -0.4 is 4.72 Å². The molecule has 0 amide bonds. The lowest BCUT2D eigenvalue weighted by Crippen LogP contribution is -2.14. The van der Waals surface area contributed by atoms with Crippen molar-refractivity contribution in [3.63, 3.8) is 0 Å². The van der Waals surface area contributed by atoms with E-state index < -0.39 is 10.0 Å². The van der Waals surface area contributed by atoms with E-state index >= 15 is 0 Å². The van der Waals surface area contributed by atoms with Crippen LogP contribution in [0.2, 0.25) is 0 Å². The summed E-state index contributed by atoms with van der Waals surface area (Å²) >= 11 is 4.33. The van der Waals surface area contributed by atoms with Crippen LogP contribution in [0.15, 0.2) is 26.2 Å². The minimum atomic E-state index is -3.61. The number of aromatic nitrogens is 2. The molecule has 0 spiro atoms. The van der Waals surface area contributed by atoms with Gasteiger partial charge in [0.1, 0.15) is 0 Å². The molecule has 0 aromatic carbocycles. The van der Waals surface area contributed by atoms with Crippen molar-refractivity contribution in [2.24, 2.45) is 0 Å². The number of rotatable bonds is 3. The fourth-order valence-electron chi connectivity index (χ4n) is 1.25. The highest BCUT2D eigenvalue weighted by molar-refractivity contribution is 9.10. The smallest absolute Gasteiger partial charge is 0.261 e. The third-order valence-corrected chi connectivity index (χ3v) is 6.32. The largest absolute Gasteiger partial charge is 0.273 e. The minimum Gasteiger partial charge on any atom is -0.261 e. The van der Waals surface area contributed by atoms with Crippen LogP contribution in [0.25, 0.3) is 0 Å². The Kier molecular flexibility index (Phi) is 3.69. The maximum absolute atomic E-state index is 12.1. The lowest BCUT2D eigenvalue weighted by Gasteiger charge is -2.06. The van der Waals surface area contributed by atoms with Crippen molar-refractivity contribution in [1.29, 1.82) is 0 Å². The van der Waals surface area contributed by atoms with Crippen molar-refractivity contribution < 1.29 is 8.42 Å². The summed E-state index contributed by atoms with van der Waals surface area (Å²) < 4.78 is 27.3. The molecule has 2 aromatic rings. The van der Waals surface area contributed by atoms with E-state index in [1.54, 1.807) is 17.5 Å². The number of thiophene rings is 1. The number of halogens is 1. The maximum Gasteiger partial charge on any atom is 0.273 e. The van der Waals surface area contributed by atoms with Crippen molar-refractivity contribution >= 4 is 43.1 Å². The molecular weight excluding hydrogens is 338 g/mol. The second-order valence-corrected chi connectivity index (χ2v) is 7.31. The molecule has 2 aromatic heterocycles. The summed E-state index contributed by atoms with van der Waals surface area (Å²) in [4.78, 5) is 0. The Bertz CT molecular complexity index is 682. The van der Waals surface area contributed by atoms with Gasteiger partial charge in [-0.3, -0.25) is 4.72 Å². The van der Waals surface area contributed by atoms with E-state index in [4.69, 9.17) is 0 Å². The molecule has 8 heteroatoms. The van der Waals surface area contributed by atoms with Crippen molar-refractivity contribution in [2.75, 3.05) is 4.72 Å². The van der Waals surface area contributed by atoms with Crippen LogP contribution in [-0.4, -0.2) is 18.6 Å². The zero-order valence-corrected chi connectivity index (χ0v) is 12.9. The van der Waals surface area contributed by atoms with Crippen molar-refractivity contribution in [3.05, 3.63) is 33.2 Å². The van der Waals surface area contributed by atoms with Crippen LogP contribution in [0.4, 0.5) is 5.82 Å². The van der Waals surface area contributed by atoms with Gasteiger partial charge in [-0.15, -0.1) is 16.4 Å². The Labute approximate surface area is 117 Å². The molecule has 0 aliphatic rings. The fraction of sp³-hybridized carbons (Fsp3) is 0.200. The monoisotopic (exact) mass is 347 g/mol. The van der Waals surface area contributed by atoms with Gasteiger partial charge in [0.2, 0.25) is 0 Å². The van der Waals surface area contributed by atoms with Crippen LogP contribution in [0.3, 0.4) is 0 Å². The molecule has 0 atom stereocenters.